The molecular formula is C29H18Cl2F2N2O2. The highest BCUT2D eigenvalue weighted by Crippen LogP contribution is 2.28. The Bertz CT molecular complexity index is 1660. The number of halogens is 4. The summed E-state index contributed by atoms with van der Waals surface area (Å²) in [6.45, 7) is 0.356. The van der Waals surface area contributed by atoms with E-state index in [4.69, 9.17) is 27.9 Å². The van der Waals surface area contributed by atoms with E-state index in [1.807, 2.05) is 34.9 Å². The number of carbonyl (C=O) groups is 1. The van der Waals surface area contributed by atoms with Crippen LogP contribution < -0.4 is 0 Å². The van der Waals surface area contributed by atoms with Gasteiger partial charge < -0.3 is 9.30 Å². The number of hydrogen-bond donors (Lipinski definition) is 0. The molecule has 0 saturated heterocycles. The zero-order chi connectivity index (χ0) is 25.9. The quantitative estimate of drug-likeness (QED) is 0.163. The lowest BCUT2D eigenvalue weighted by atomic mass is 10.1. The van der Waals surface area contributed by atoms with Gasteiger partial charge in [-0.1, -0.05) is 65.7 Å². The van der Waals surface area contributed by atoms with E-state index in [1.165, 1.54) is 42.5 Å². The molecule has 1 aromatic heterocycles. The highest BCUT2D eigenvalue weighted by atomic mass is 35.5. The minimum absolute atomic E-state index is 0.0281. The molecule has 8 heteroatoms. The summed E-state index contributed by atoms with van der Waals surface area (Å²) in [4.78, 5) is 17.6. The first-order chi connectivity index (χ1) is 17.9. The Morgan fingerprint density at radius 1 is 0.838 bits per heavy atom. The summed E-state index contributed by atoms with van der Waals surface area (Å²) in [6, 6.07) is 24.0. The molecule has 0 bridgehead atoms. The summed E-state index contributed by atoms with van der Waals surface area (Å²) in [5.74, 6) is -2.03. The van der Waals surface area contributed by atoms with Crippen molar-refractivity contribution in [1.82, 2.24) is 9.55 Å². The molecule has 5 aromatic rings. The fraction of sp³-hybridized carbons (Fsp3) is 0.0345. The summed E-state index contributed by atoms with van der Waals surface area (Å²) in [5, 5.41) is 0.842. The SMILES string of the molecule is O=C(O/C(=C\c1nc2ccccc2n1Cc1ccc(Cl)c(Cl)c1)c1ccccc1F)c1ccccc1F. The number of ether oxygens (including phenoxy) is 1. The summed E-state index contributed by atoms with van der Waals surface area (Å²) in [7, 11) is 0. The minimum atomic E-state index is -0.959. The Morgan fingerprint density at radius 3 is 2.19 bits per heavy atom. The number of aromatic nitrogens is 2. The maximum absolute atomic E-state index is 14.8. The predicted molar refractivity (Wildman–Crippen MR) is 141 cm³/mol. The number of rotatable bonds is 6. The van der Waals surface area contributed by atoms with Gasteiger partial charge in [-0.15, -0.1) is 0 Å². The van der Waals surface area contributed by atoms with Gasteiger partial charge in [0.1, 0.15) is 23.2 Å². The summed E-state index contributed by atoms with van der Waals surface area (Å²) in [6.07, 6.45) is 1.47. The van der Waals surface area contributed by atoms with Crippen molar-refractivity contribution < 1.29 is 18.3 Å². The molecule has 37 heavy (non-hydrogen) atoms. The van der Waals surface area contributed by atoms with Gasteiger partial charge >= 0.3 is 5.97 Å². The van der Waals surface area contributed by atoms with Crippen LogP contribution in [0.2, 0.25) is 10.0 Å². The summed E-state index contributed by atoms with van der Waals surface area (Å²) in [5.41, 5.74) is 2.09. The first-order valence-corrected chi connectivity index (χ1v) is 12.0. The lowest BCUT2D eigenvalue weighted by Crippen LogP contribution is -2.09. The normalized spacial score (nSPS) is 11.6. The third kappa shape index (κ3) is 5.26. The molecule has 0 radical (unpaired) electrons. The third-order valence-electron chi connectivity index (χ3n) is 5.70. The Kier molecular flexibility index (Phi) is 7.04. The van der Waals surface area contributed by atoms with Crippen molar-refractivity contribution >= 4 is 52.0 Å². The highest BCUT2D eigenvalue weighted by molar-refractivity contribution is 6.42. The molecule has 0 unspecified atom stereocenters. The molecule has 0 aliphatic carbocycles. The number of para-hydroxylation sites is 2. The van der Waals surface area contributed by atoms with E-state index in [2.05, 4.69) is 4.98 Å². The van der Waals surface area contributed by atoms with E-state index in [-0.39, 0.29) is 16.9 Å². The number of carbonyl (C=O) groups excluding carboxylic acids is 1. The van der Waals surface area contributed by atoms with Crippen LogP contribution in [0.25, 0.3) is 22.9 Å². The van der Waals surface area contributed by atoms with Crippen molar-refractivity contribution in [3.05, 3.63) is 135 Å². The predicted octanol–water partition coefficient (Wildman–Crippen LogP) is 8.02. The second kappa shape index (κ2) is 10.5. The van der Waals surface area contributed by atoms with Crippen molar-refractivity contribution in [3.63, 3.8) is 0 Å². The van der Waals surface area contributed by atoms with Crippen LogP contribution in [0.3, 0.4) is 0 Å². The molecule has 4 aromatic carbocycles. The van der Waals surface area contributed by atoms with Crippen LogP contribution >= 0.6 is 23.2 Å². The molecule has 0 amide bonds. The van der Waals surface area contributed by atoms with E-state index in [1.54, 1.807) is 18.2 Å². The van der Waals surface area contributed by atoms with E-state index in [9.17, 15) is 13.6 Å². The lowest BCUT2D eigenvalue weighted by molar-refractivity contribution is 0.0688. The molecule has 5 rings (SSSR count). The Labute approximate surface area is 221 Å². The molecule has 0 aliphatic heterocycles. The Balaban J connectivity index is 1.64. The maximum atomic E-state index is 14.8. The van der Waals surface area contributed by atoms with Crippen LogP contribution in [0.15, 0.2) is 91.0 Å². The summed E-state index contributed by atoms with van der Waals surface area (Å²) < 4.78 is 36.6. The average Bonchev–Trinajstić information content (AvgIpc) is 3.23. The number of hydrogen-bond acceptors (Lipinski definition) is 3. The molecule has 1 heterocycles. The van der Waals surface area contributed by atoms with Crippen LogP contribution in [0.4, 0.5) is 8.78 Å². The number of imidazole rings is 1. The van der Waals surface area contributed by atoms with Crippen LogP contribution in [-0.4, -0.2) is 15.5 Å². The van der Waals surface area contributed by atoms with Gasteiger partial charge in [-0.25, -0.2) is 18.6 Å². The van der Waals surface area contributed by atoms with Gasteiger partial charge in [0.2, 0.25) is 0 Å². The molecule has 0 N–H and O–H groups in total. The Hall–Kier alpha value is -4.00. The van der Waals surface area contributed by atoms with E-state index >= 15 is 0 Å². The van der Waals surface area contributed by atoms with Crippen molar-refractivity contribution in [2.24, 2.45) is 0 Å². The topological polar surface area (TPSA) is 44.1 Å². The van der Waals surface area contributed by atoms with Gasteiger partial charge in [0.05, 0.1) is 32.2 Å². The number of fused-ring (bicyclic) bond motifs is 1. The van der Waals surface area contributed by atoms with Crippen LogP contribution in [0.1, 0.15) is 27.3 Å². The van der Waals surface area contributed by atoms with Gasteiger partial charge in [0.25, 0.3) is 0 Å². The fourth-order valence-corrected chi connectivity index (χ4v) is 4.23. The number of nitrogens with zero attached hydrogens (tertiary/aromatic N) is 2. The molecule has 4 nitrogen and oxygen atoms in total. The molecular weight excluding hydrogens is 517 g/mol. The van der Waals surface area contributed by atoms with Crippen molar-refractivity contribution in [3.8, 4) is 0 Å². The van der Waals surface area contributed by atoms with Gasteiger partial charge in [-0.2, -0.15) is 0 Å². The smallest absolute Gasteiger partial charge is 0.346 e. The standard InChI is InChI=1S/C29H18Cl2F2N2O2/c30-21-14-13-18(15-22(21)31)17-35-26-12-6-5-11-25(26)34-28(35)16-27(19-7-1-3-9-23(19)32)37-29(36)20-8-2-4-10-24(20)33/h1-16H,17H2/b27-16-. The van der Waals surface area contributed by atoms with Crippen molar-refractivity contribution in [2.75, 3.05) is 0 Å². The third-order valence-corrected chi connectivity index (χ3v) is 6.44. The lowest BCUT2D eigenvalue weighted by Gasteiger charge is -2.12. The van der Waals surface area contributed by atoms with Crippen LogP contribution in [0.5, 0.6) is 0 Å². The second-order valence-electron chi connectivity index (χ2n) is 8.15. The van der Waals surface area contributed by atoms with Gasteiger partial charge in [-0.3, -0.25) is 0 Å². The molecule has 184 valence electrons. The zero-order valence-electron chi connectivity index (χ0n) is 19.2. The van der Waals surface area contributed by atoms with E-state index < -0.39 is 17.6 Å². The van der Waals surface area contributed by atoms with Gasteiger partial charge in [0.15, 0.2) is 0 Å². The molecule has 0 atom stereocenters. The van der Waals surface area contributed by atoms with E-state index in [0.29, 0.717) is 27.9 Å². The molecule has 0 saturated carbocycles. The zero-order valence-corrected chi connectivity index (χ0v) is 20.7. The minimum Gasteiger partial charge on any atom is -0.422 e. The largest absolute Gasteiger partial charge is 0.422 e. The molecule has 0 aliphatic rings. The first-order valence-electron chi connectivity index (χ1n) is 11.2. The van der Waals surface area contributed by atoms with E-state index in [0.717, 1.165) is 17.1 Å². The fourth-order valence-electron chi connectivity index (χ4n) is 3.91. The van der Waals surface area contributed by atoms with Crippen LogP contribution in [0, 0.1) is 11.6 Å². The monoisotopic (exact) mass is 534 g/mol. The van der Waals surface area contributed by atoms with Crippen LogP contribution in [-0.2, 0) is 11.3 Å². The van der Waals surface area contributed by atoms with Crippen molar-refractivity contribution in [1.29, 1.82) is 0 Å². The average molecular weight is 535 g/mol. The van der Waals surface area contributed by atoms with Gasteiger partial charge in [0, 0.05) is 12.6 Å². The van der Waals surface area contributed by atoms with Gasteiger partial charge in [-0.05, 0) is 54.1 Å². The van der Waals surface area contributed by atoms with Crippen molar-refractivity contribution in [2.45, 2.75) is 6.54 Å². The number of benzene rings is 4. The second-order valence-corrected chi connectivity index (χ2v) is 8.97. The first kappa shape index (κ1) is 24.7. The molecule has 0 fully saturated rings. The molecule has 0 spiro atoms. The maximum Gasteiger partial charge on any atom is 0.346 e. The highest BCUT2D eigenvalue weighted by Gasteiger charge is 2.20. The Morgan fingerprint density at radius 2 is 1.49 bits per heavy atom. The summed E-state index contributed by atoms with van der Waals surface area (Å²) >= 11 is 12.3. The number of esters is 1.